The molecule has 2 N–H and O–H groups in total. The number of hydrogen-bond donors (Lipinski definition) is 2. The minimum absolute atomic E-state index is 0. The summed E-state index contributed by atoms with van der Waals surface area (Å²) in [5.74, 6) is -1.51. The highest BCUT2D eigenvalue weighted by Gasteiger charge is 2.32. The van der Waals surface area contributed by atoms with E-state index in [1.54, 1.807) is 6.92 Å². The Morgan fingerprint density at radius 2 is 2.04 bits per heavy atom. The highest BCUT2D eigenvalue weighted by Crippen LogP contribution is 2.44. The molecule has 27 heavy (non-hydrogen) atoms. The molecule has 8 heteroatoms. The van der Waals surface area contributed by atoms with E-state index in [0.717, 1.165) is 35.4 Å². The fraction of sp³-hybridized carbons (Fsp3) is 0.474. The Hall–Kier alpha value is -2.12. The predicted octanol–water partition coefficient (Wildman–Crippen LogP) is 2.56. The second-order valence-corrected chi connectivity index (χ2v) is 7.35. The van der Waals surface area contributed by atoms with Gasteiger partial charge in [-0.3, -0.25) is 9.20 Å². The number of aromatic carboxylic acids is 1. The van der Waals surface area contributed by atoms with Gasteiger partial charge >= 0.3 is 5.97 Å². The number of aliphatic hydroxyl groups is 1. The molecule has 2 aromatic rings. The Kier molecular flexibility index (Phi) is 5.18. The van der Waals surface area contributed by atoms with E-state index in [-0.39, 0.29) is 36.4 Å². The average Bonchev–Trinajstić information content (AvgIpc) is 3.33. The Morgan fingerprint density at radius 3 is 2.59 bits per heavy atom. The van der Waals surface area contributed by atoms with Crippen molar-refractivity contribution in [2.75, 3.05) is 24.6 Å². The maximum atomic E-state index is 14.9. The number of halogens is 2. The van der Waals surface area contributed by atoms with Crippen molar-refractivity contribution in [3.63, 3.8) is 0 Å². The van der Waals surface area contributed by atoms with Gasteiger partial charge in [0.05, 0.1) is 17.4 Å². The normalized spacial score (nSPS) is 19.4. The van der Waals surface area contributed by atoms with Gasteiger partial charge in [-0.15, -0.1) is 12.4 Å². The molecule has 3 heterocycles. The first-order valence-electron chi connectivity index (χ1n) is 8.89. The standard InChI is InChI=1S/C19H21FN2O4.ClH/c1-10-16-13(12-2-3-12)6-14(19(25)26)18(24)22(16)8-15(20)17(10)21-5-4-11(7-21)9-23;/h6,8,11-12,23H,2-5,7,9H2,1H3,(H,25,26);1H/t11-;/m1./s1. The maximum Gasteiger partial charge on any atom is 0.341 e. The molecule has 1 saturated carbocycles. The van der Waals surface area contributed by atoms with Gasteiger partial charge < -0.3 is 15.1 Å². The van der Waals surface area contributed by atoms with Crippen molar-refractivity contribution < 1.29 is 19.4 Å². The van der Waals surface area contributed by atoms with E-state index in [9.17, 15) is 24.2 Å². The molecule has 0 radical (unpaired) electrons. The summed E-state index contributed by atoms with van der Waals surface area (Å²) < 4.78 is 16.1. The predicted molar refractivity (Wildman–Crippen MR) is 102 cm³/mol. The summed E-state index contributed by atoms with van der Waals surface area (Å²) in [5, 5.41) is 18.7. The number of carboxylic acids is 1. The van der Waals surface area contributed by atoms with Crippen LogP contribution in [-0.4, -0.2) is 40.3 Å². The number of carboxylic acid groups (broad SMARTS) is 1. The van der Waals surface area contributed by atoms with Crippen LogP contribution < -0.4 is 10.5 Å². The zero-order valence-electron chi connectivity index (χ0n) is 14.9. The number of aliphatic hydroxyl groups excluding tert-OH is 1. The van der Waals surface area contributed by atoms with Crippen LogP contribution in [0.3, 0.4) is 0 Å². The number of carbonyl (C=O) groups is 1. The summed E-state index contributed by atoms with van der Waals surface area (Å²) in [4.78, 5) is 25.9. The number of aromatic nitrogens is 1. The summed E-state index contributed by atoms with van der Waals surface area (Å²) in [6.45, 7) is 3.07. The Labute approximate surface area is 161 Å². The zero-order valence-corrected chi connectivity index (χ0v) is 15.8. The molecule has 0 aromatic carbocycles. The summed E-state index contributed by atoms with van der Waals surface area (Å²) in [6.07, 6.45) is 3.79. The third-order valence-corrected chi connectivity index (χ3v) is 5.55. The van der Waals surface area contributed by atoms with E-state index >= 15 is 0 Å². The average molecular weight is 397 g/mol. The van der Waals surface area contributed by atoms with Crippen molar-refractivity contribution in [3.05, 3.63) is 45.1 Å². The number of hydrogen-bond acceptors (Lipinski definition) is 4. The molecule has 2 aliphatic rings. The molecule has 2 aromatic heterocycles. The van der Waals surface area contributed by atoms with Crippen molar-refractivity contribution in [2.24, 2.45) is 5.92 Å². The fourth-order valence-corrected chi connectivity index (χ4v) is 4.07. The minimum atomic E-state index is -1.29. The van der Waals surface area contributed by atoms with Crippen molar-refractivity contribution in [1.29, 1.82) is 0 Å². The molecule has 4 rings (SSSR count). The van der Waals surface area contributed by atoms with E-state index in [1.807, 2.05) is 4.90 Å². The van der Waals surface area contributed by atoms with E-state index in [1.165, 1.54) is 6.07 Å². The Morgan fingerprint density at radius 1 is 1.33 bits per heavy atom. The van der Waals surface area contributed by atoms with Crippen LogP contribution in [-0.2, 0) is 0 Å². The number of pyridine rings is 2. The van der Waals surface area contributed by atoms with Crippen molar-refractivity contribution in [3.8, 4) is 0 Å². The quantitative estimate of drug-likeness (QED) is 0.830. The minimum Gasteiger partial charge on any atom is -0.477 e. The second-order valence-electron chi connectivity index (χ2n) is 7.35. The molecule has 1 aliphatic carbocycles. The molecule has 1 atom stereocenters. The third-order valence-electron chi connectivity index (χ3n) is 5.55. The smallest absolute Gasteiger partial charge is 0.341 e. The van der Waals surface area contributed by atoms with E-state index in [0.29, 0.717) is 29.9 Å². The molecule has 2 fully saturated rings. The molecule has 0 bridgehead atoms. The van der Waals surface area contributed by atoms with Gasteiger partial charge in [-0.2, -0.15) is 0 Å². The van der Waals surface area contributed by atoms with Crippen LogP contribution in [0, 0.1) is 18.7 Å². The largest absolute Gasteiger partial charge is 0.477 e. The molecule has 0 spiro atoms. The molecular weight excluding hydrogens is 375 g/mol. The van der Waals surface area contributed by atoms with Gasteiger partial charge in [0.25, 0.3) is 5.56 Å². The van der Waals surface area contributed by atoms with Gasteiger partial charge in [-0.1, -0.05) is 0 Å². The van der Waals surface area contributed by atoms with Crippen molar-refractivity contribution >= 4 is 29.6 Å². The molecular formula is C19H22ClFN2O4. The highest BCUT2D eigenvalue weighted by molar-refractivity contribution is 5.89. The number of anilines is 1. The number of rotatable bonds is 4. The number of nitrogens with zero attached hydrogens (tertiary/aromatic N) is 2. The number of fused-ring (bicyclic) bond motifs is 1. The Balaban J connectivity index is 0.00000210. The lowest BCUT2D eigenvalue weighted by atomic mass is 10.0. The van der Waals surface area contributed by atoms with Gasteiger partial charge in [-0.05, 0) is 49.3 Å². The van der Waals surface area contributed by atoms with E-state index in [2.05, 4.69) is 0 Å². The van der Waals surface area contributed by atoms with Crippen LogP contribution in [0.15, 0.2) is 17.1 Å². The lowest BCUT2D eigenvalue weighted by Crippen LogP contribution is -2.27. The highest BCUT2D eigenvalue weighted by atomic mass is 35.5. The van der Waals surface area contributed by atoms with Crippen molar-refractivity contribution in [1.82, 2.24) is 4.40 Å². The summed E-state index contributed by atoms with van der Waals surface area (Å²) in [6, 6.07) is 1.47. The van der Waals surface area contributed by atoms with Crippen LogP contribution >= 0.6 is 12.4 Å². The zero-order chi connectivity index (χ0) is 18.6. The molecule has 0 amide bonds. The topological polar surface area (TPSA) is 82.2 Å². The first-order valence-corrected chi connectivity index (χ1v) is 8.89. The number of aryl methyl sites for hydroxylation is 1. The third kappa shape index (κ3) is 3.19. The lowest BCUT2D eigenvalue weighted by Gasteiger charge is -2.24. The van der Waals surface area contributed by atoms with Gasteiger partial charge in [0.1, 0.15) is 5.56 Å². The van der Waals surface area contributed by atoms with Gasteiger partial charge in [0.15, 0.2) is 5.82 Å². The monoisotopic (exact) mass is 396 g/mol. The molecule has 1 saturated heterocycles. The van der Waals surface area contributed by atoms with Gasteiger partial charge in [-0.25, -0.2) is 9.18 Å². The van der Waals surface area contributed by atoms with E-state index < -0.39 is 17.3 Å². The van der Waals surface area contributed by atoms with Crippen LogP contribution in [0.25, 0.3) is 5.52 Å². The summed E-state index contributed by atoms with van der Waals surface area (Å²) >= 11 is 0. The fourth-order valence-electron chi connectivity index (χ4n) is 4.07. The van der Waals surface area contributed by atoms with Crippen molar-refractivity contribution in [2.45, 2.75) is 32.1 Å². The lowest BCUT2D eigenvalue weighted by molar-refractivity contribution is 0.0694. The van der Waals surface area contributed by atoms with Crippen LogP contribution in [0.2, 0.25) is 0 Å². The first-order chi connectivity index (χ1) is 12.4. The van der Waals surface area contributed by atoms with Crippen LogP contribution in [0.5, 0.6) is 0 Å². The summed E-state index contributed by atoms with van der Waals surface area (Å²) in [5.41, 5.74) is 1.49. The SMILES string of the molecule is Cc1c(N2CC[C@@H](CO)C2)c(F)cn2c(=O)c(C(=O)O)cc(C3CC3)c12.Cl. The Bertz CT molecular complexity index is 971. The molecule has 1 aliphatic heterocycles. The van der Waals surface area contributed by atoms with E-state index in [4.69, 9.17) is 0 Å². The molecule has 146 valence electrons. The van der Waals surface area contributed by atoms with Gasteiger partial charge in [0.2, 0.25) is 0 Å². The second kappa shape index (κ2) is 7.13. The summed E-state index contributed by atoms with van der Waals surface area (Å²) in [7, 11) is 0. The maximum absolute atomic E-state index is 14.9. The molecule has 0 unspecified atom stereocenters. The first kappa shape index (κ1) is 19.6. The van der Waals surface area contributed by atoms with Crippen LogP contribution in [0.1, 0.15) is 46.7 Å². The molecule has 6 nitrogen and oxygen atoms in total. The van der Waals surface area contributed by atoms with Gasteiger partial charge in [0, 0.05) is 25.6 Å². The van der Waals surface area contributed by atoms with Crippen LogP contribution in [0.4, 0.5) is 10.1 Å².